The monoisotopic (exact) mass is 1170 g/mol. The summed E-state index contributed by atoms with van der Waals surface area (Å²) >= 11 is 0. The smallest absolute Gasteiger partial charge is 0.356 e. The van der Waals surface area contributed by atoms with E-state index in [0.29, 0.717) is 39.9 Å². The zero-order chi connectivity index (χ0) is 58.7. The molecule has 10 rings (SSSR count). The van der Waals surface area contributed by atoms with Gasteiger partial charge in [-0.05, 0) is 69.3 Å². The number of H-pyrrole nitrogens is 2. The maximum Gasteiger partial charge on any atom is 0.356 e. The number of nitrogen functional groups attached to an aromatic ring is 2. The number of rotatable bonds is 25. The number of benzene rings is 4. The van der Waals surface area contributed by atoms with Gasteiger partial charge in [0.15, 0.2) is 45.4 Å². The normalized spacial score (nSPS) is 14.7. The highest BCUT2D eigenvalue weighted by Crippen LogP contribution is 2.51. The summed E-state index contributed by atoms with van der Waals surface area (Å²) in [6.07, 6.45) is 2.23. The van der Waals surface area contributed by atoms with Gasteiger partial charge in [0, 0.05) is 24.2 Å². The Kier molecular flexibility index (Phi) is 18.8. The Balaban J connectivity index is 0.000000200. The fourth-order valence-corrected chi connectivity index (χ4v) is 10.5. The van der Waals surface area contributed by atoms with Crippen molar-refractivity contribution in [2.24, 2.45) is 0 Å². The van der Waals surface area contributed by atoms with E-state index in [2.05, 4.69) is 43.1 Å². The molecule has 0 spiro atoms. The SMILES string of the molecule is C=C1OC(COP(=O)(COCCn2cnc3c(=O)[nH]c(N)nc32)OCc2ccc(C)cc2)=C(c2ccc(C)cc2)O1.C=C1OC(COP(=O)(COCCn2cnc3c(=O)[nH]c(N)nc32)OCc2ccc(C)cc2)=C(c2ccc(OC)cc2)O1. The molecule has 0 radical (unpaired) electrons. The number of aryl methyl sites for hydroxylation is 3. The molecule has 4 aromatic carbocycles. The van der Waals surface area contributed by atoms with Gasteiger partial charge in [0.2, 0.25) is 11.9 Å². The Labute approximate surface area is 475 Å². The van der Waals surface area contributed by atoms with E-state index in [1.165, 1.54) is 12.7 Å². The number of aromatic amines is 2. The van der Waals surface area contributed by atoms with E-state index in [4.69, 9.17) is 62.7 Å². The molecule has 0 saturated carbocycles. The molecule has 8 aromatic rings. The first kappa shape index (κ1) is 59.0. The van der Waals surface area contributed by atoms with Crippen molar-refractivity contribution in [2.75, 3.05) is 57.7 Å². The number of imidazole rings is 2. The van der Waals surface area contributed by atoms with Gasteiger partial charge in [-0.2, -0.15) is 9.97 Å². The molecule has 0 fully saturated rings. The zero-order valence-corrected chi connectivity index (χ0v) is 47.5. The Bertz CT molecular complexity index is 3910. The van der Waals surface area contributed by atoms with Gasteiger partial charge in [-0.15, -0.1) is 0 Å². The van der Waals surface area contributed by atoms with Crippen LogP contribution in [0.25, 0.3) is 33.8 Å². The fraction of sp³-hybridized carbons (Fsp3) is 0.250. The quantitative estimate of drug-likeness (QED) is 0.0306. The Morgan fingerprint density at radius 1 is 0.542 bits per heavy atom. The Morgan fingerprint density at radius 3 is 1.31 bits per heavy atom. The molecule has 25 nitrogen and oxygen atoms in total. The average Bonchev–Trinajstić information content (AvgIpc) is 4.07. The minimum absolute atomic E-state index is 0.0207. The first-order valence-corrected chi connectivity index (χ1v) is 29.1. The van der Waals surface area contributed by atoms with Gasteiger partial charge >= 0.3 is 15.2 Å². The van der Waals surface area contributed by atoms with Crippen LogP contribution in [0.1, 0.15) is 38.9 Å². The molecule has 0 bridgehead atoms. The summed E-state index contributed by atoms with van der Waals surface area (Å²) in [6.45, 7) is 13.8. The van der Waals surface area contributed by atoms with Crippen LogP contribution in [0.5, 0.6) is 5.75 Å². The number of nitrogens with two attached hydrogens (primary N) is 2. The number of nitrogens with one attached hydrogen (secondary N) is 2. The summed E-state index contributed by atoms with van der Waals surface area (Å²) in [7, 11) is -6.05. The number of hydrogen-bond donors (Lipinski definition) is 4. The minimum atomic E-state index is -3.83. The van der Waals surface area contributed by atoms with Crippen molar-refractivity contribution in [3.8, 4) is 5.75 Å². The number of nitrogens with zero attached hydrogens (tertiary/aromatic N) is 6. The highest BCUT2D eigenvalue weighted by atomic mass is 31.2. The lowest BCUT2D eigenvalue weighted by molar-refractivity contribution is 0.114. The largest absolute Gasteiger partial charge is 0.497 e. The van der Waals surface area contributed by atoms with Crippen molar-refractivity contribution in [3.05, 3.63) is 206 Å². The maximum atomic E-state index is 13.9. The molecule has 83 heavy (non-hydrogen) atoms. The van der Waals surface area contributed by atoms with E-state index in [1.54, 1.807) is 40.5 Å². The highest BCUT2D eigenvalue weighted by Gasteiger charge is 2.32. The number of fused-ring (bicyclic) bond motifs is 2. The van der Waals surface area contributed by atoms with E-state index < -0.39 is 26.3 Å². The second-order valence-corrected chi connectivity index (χ2v) is 22.7. The average molecular weight is 1180 g/mol. The van der Waals surface area contributed by atoms with E-state index in [9.17, 15) is 18.7 Å². The second-order valence-electron chi connectivity index (χ2n) is 18.7. The first-order valence-electron chi connectivity index (χ1n) is 25.6. The van der Waals surface area contributed by atoms with Crippen molar-refractivity contribution in [3.63, 3.8) is 0 Å². The van der Waals surface area contributed by atoms with Crippen molar-refractivity contribution in [1.82, 2.24) is 39.0 Å². The highest BCUT2D eigenvalue weighted by molar-refractivity contribution is 7.53. The molecule has 0 saturated heterocycles. The molecule has 2 aliphatic rings. The fourth-order valence-electron chi connectivity index (χ4n) is 8.03. The van der Waals surface area contributed by atoms with Gasteiger partial charge in [0.05, 0.1) is 46.2 Å². The summed E-state index contributed by atoms with van der Waals surface area (Å²) in [4.78, 5) is 45.3. The summed E-state index contributed by atoms with van der Waals surface area (Å²) in [5, 5.41) is 0. The molecule has 6 N–H and O–H groups in total. The van der Waals surface area contributed by atoms with Crippen molar-refractivity contribution >= 4 is 60.9 Å². The molecule has 6 heterocycles. The molecular formula is C56H60N10O15P2. The topological polar surface area (TPSA) is 315 Å². The Morgan fingerprint density at radius 2 is 0.916 bits per heavy atom. The number of ether oxygens (including phenoxy) is 7. The standard InChI is InChI=1S/C28H30N5O8P.C28H30N5O7P/c1-18-4-6-20(7-5-18)14-38-42(35,17-37-13-12-33-16-30-24-26(33)31-28(29)32-27(24)34)39-15-23-25(41-19(2)40-23)21-8-10-22(36-3)11-9-21;1-18-4-8-21(9-5-18)14-37-41(35,17-36-13-12-33-16-30-24-26(33)31-28(29)32-27(24)34)38-15-23-25(40-20(3)39-23)22-10-6-19(2)7-11-22/h4-11,16H,2,12-15,17H2,1,3H3,(H3,29,31,32,34);4-11,16H,3,12-15,17H2,1-2H3,(H3,29,31,32,34). The third-order valence-electron chi connectivity index (χ3n) is 12.4. The summed E-state index contributed by atoms with van der Waals surface area (Å²) in [5.41, 5.74) is 17.8. The van der Waals surface area contributed by atoms with Gasteiger partial charge < -0.3 is 62.8 Å². The molecular weight excluding hydrogens is 1110 g/mol. The summed E-state index contributed by atoms with van der Waals surface area (Å²) in [6, 6.07) is 30.1. The van der Waals surface area contributed by atoms with Crippen LogP contribution in [0, 0.1) is 20.8 Å². The van der Waals surface area contributed by atoms with Crippen molar-refractivity contribution < 1.29 is 60.4 Å². The van der Waals surface area contributed by atoms with Crippen LogP contribution in [0.4, 0.5) is 11.9 Å². The number of hydrogen-bond acceptors (Lipinski definition) is 21. The van der Waals surface area contributed by atoms with Crippen LogP contribution in [0.3, 0.4) is 0 Å². The predicted molar refractivity (Wildman–Crippen MR) is 306 cm³/mol. The number of anilines is 2. The molecule has 4 aromatic heterocycles. The van der Waals surface area contributed by atoms with Crippen molar-refractivity contribution in [2.45, 2.75) is 47.1 Å². The molecule has 0 aliphatic carbocycles. The van der Waals surface area contributed by atoms with Crippen LogP contribution >= 0.6 is 15.2 Å². The molecule has 2 unspecified atom stereocenters. The van der Waals surface area contributed by atoms with Gasteiger partial charge in [-0.3, -0.25) is 37.7 Å². The van der Waals surface area contributed by atoms with Gasteiger partial charge in [-0.25, -0.2) is 9.97 Å². The summed E-state index contributed by atoms with van der Waals surface area (Å²) in [5.74, 6) is 2.18. The molecule has 2 atom stereocenters. The molecule has 27 heteroatoms. The third-order valence-corrected chi connectivity index (χ3v) is 15.5. The lowest BCUT2D eigenvalue weighted by Crippen LogP contribution is -2.13. The lowest BCUT2D eigenvalue weighted by atomic mass is 10.1. The number of methoxy groups -OCH3 is 1. The third kappa shape index (κ3) is 15.5. The Hall–Kier alpha value is -8.64. The number of aromatic nitrogens is 8. The molecule has 0 amide bonds. The van der Waals surface area contributed by atoms with Gasteiger partial charge in [-0.1, -0.05) is 89.5 Å². The van der Waals surface area contributed by atoms with Crippen LogP contribution < -0.4 is 27.3 Å². The maximum absolute atomic E-state index is 13.9. The van der Waals surface area contributed by atoms with Crippen molar-refractivity contribution in [1.29, 1.82) is 0 Å². The summed E-state index contributed by atoms with van der Waals surface area (Å²) < 4.78 is 93.5. The van der Waals surface area contributed by atoms with Gasteiger partial charge in [0.1, 0.15) is 31.7 Å². The van der Waals surface area contributed by atoms with Crippen LogP contribution in [-0.4, -0.2) is 85.3 Å². The van der Waals surface area contributed by atoms with E-state index in [-0.39, 0.29) is 106 Å². The molecule has 434 valence electrons. The molecule has 2 aliphatic heterocycles. The van der Waals surface area contributed by atoms with E-state index in [1.807, 2.05) is 93.6 Å². The van der Waals surface area contributed by atoms with E-state index in [0.717, 1.165) is 33.4 Å². The zero-order valence-electron chi connectivity index (χ0n) is 45.7. The predicted octanol–water partition coefficient (Wildman–Crippen LogP) is 8.91. The van der Waals surface area contributed by atoms with Crippen LogP contribution in [0.2, 0.25) is 0 Å². The van der Waals surface area contributed by atoms with Crippen LogP contribution in [-0.2, 0) is 81.9 Å². The van der Waals surface area contributed by atoms with Crippen LogP contribution in [0.15, 0.2) is 156 Å². The van der Waals surface area contributed by atoms with E-state index >= 15 is 0 Å². The van der Waals surface area contributed by atoms with Gasteiger partial charge in [0.25, 0.3) is 23.0 Å². The first-order chi connectivity index (χ1) is 39.9. The minimum Gasteiger partial charge on any atom is -0.497 e. The lowest BCUT2D eigenvalue weighted by Gasteiger charge is -2.19. The second kappa shape index (κ2) is 26.5.